The van der Waals surface area contributed by atoms with Crippen molar-refractivity contribution in [3.05, 3.63) is 298 Å². The number of nitrogens with zero attached hydrogens (tertiary/aromatic N) is 3. The third-order valence-electron chi connectivity index (χ3n) is 11.9. The molecule has 71 heavy (non-hydrogen) atoms. The zero-order valence-corrected chi connectivity index (χ0v) is 41.1. The molecule has 4 heteroatoms. The minimum absolute atomic E-state index is 0. The Balaban J connectivity index is 0.000000131. The maximum atomic E-state index is 4.75. The van der Waals surface area contributed by atoms with E-state index in [-0.39, 0.29) is 20.1 Å². The van der Waals surface area contributed by atoms with Gasteiger partial charge in [0.05, 0.1) is 5.52 Å². The molecule has 0 atom stereocenters. The van der Waals surface area contributed by atoms with Gasteiger partial charge >= 0.3 is 20.1 Å². The smallest absolute Gasteiger partial charge is 0.305 e. The number of hydrogen-bond donors (Lipinski definition) is 0. The molecule has 0 aliphatic rings. The van der Waals surface area contributed by atoms with Crippen LogP contribution in [0.4, 0.5) is 0 Å². The first-order valence-corrected chi connectivity index (χ1v) is 23.3. The minimum atomic E-state index is 0. The first-order chi connectivity index (χ1) is 34.7. The van der Waals surface area contributed by atoms with Gasteiger partial charge in [0.1, 0.15) is 0 Å². The van der Waals surface area contributed by atoms with Gasteiger partial charge in [0, 0.05) is 12.4 Å². The number of para-hydroxylation sites is 1. The number of benzene rings is 9. The second-order valence-corrected chi connectivity index (χ2v) is 16.5. The van der Waals surface area contributed by atoms with Crippen molar-refractivity contribution >= 4 is 10.9 Å². The Bertz CT molecular complexity index is 3390. The summed E-state index contributed by atoms with van der Waals surface area (Å²) in [6.45, 7) is 0. The Morgan fingerprint density at radius 2 is 0.648 bits per heavy atom. The molecule has 12 aromatic rings. The summed E-state index contributed by atoms with van der Waals surface area (Å²) < 4.78 is 0. The summed E-state index contributed by atoms with van der Waals surface area (Å²) in [5, 5.41) is 1.16. The number of hydrogen-bond acceptors (Lipinski definition) is 3. The molecule has 0 bridgehead atoms. The van der Waals surface area contributed by atoms with Crippen LogP contribution < -0.4 is 0 Å². The predicted octanol–water partition coefficient (Wildman–Crippen LogP) is 17.1. The molecule has 12 rings (SSSR count). The fourth-order valence-electron chi connectivity index (χ4n) is 8.23. The van der Waals surface area contributed by atoms with E-state index in [9.17, 15) is 0 Å². The fourth-order valence-corrected chi connectivity index (χ4v) is 8.23. The molecule has 0 radical (unpaired) electrons. The molecule has 338 valence electrons. The van der Waals surface area contributed by atoms with Gasteiger partial charge in [0.25, 0.3) is 0 Å². The number of rotatable bonds is 8. The summed E-state index contributed by atoms with van der Waals surface area (Å²) in [7, 11) is 0. The molecule has 3 heterocycles. The topological polar surface area (TPSA) is 38.7 Å². The van der Waals surface area contributed by atoms with E-state index >= 15 is 0 Å². The van der Waals surface area contributed by atoms with E-state index in [4.69, 9.17) is 4.98 Å². The Hall–Kier alpha value is -8.66. The molecule has 0 amide bonds. The maximum absolute atomic E-state index is 4.75. The molecule has 3 nitrogen and oxygen atoms in total. The van der Waals surface area contributed by atoms with Crippen LogP contribution in [0.2, 0.25) is 0 Å². The standard InChI is InChI=1S/2C23H16N.C21H14N.Ir/c2*1-3-7-18(8-4-1)19-11-13-20(14-12-19)22-15-16-24-23(17-22)21-9-5-2-6-10-21;1-2-7-16(8-3-1)18-10-6-11-19(15-18)21-14-13-17-9-4-5-12-20(17)22-21;/h2*1-9,11-17H;1-10,12-15H;/q3*-1;+3. The van der Waals surface area contributed by atoms with Gasteiger partial charge in [-0.05, 0) is 90.7 Å². The number of fused-ring (bicyclic) bond motifs is 1. The van der Waals surface area contributed by atoms with Crippen LogP contribution in [-0.4, -0.2) is 15.0 Å². The predicted molar refractivity (Wildman–Crippen MR) is 290 cm³/mol. The third-order valence-corrected chi connectivity index (χ3v) is 11.9. The van der Waals surface area contributed by atoms with Crippen molar-refractivity contribution in [2.75, 3.05) is 0 Å². The average Bonchev–Trinajstić information content (AvgIpc) is 3.47. The van der Waals surface area contributed by atoms with E-state index in [1.54, 1.807) is 0 Å². The first kappa shape index (κ1) is 47.4. The molecule has 0 unspecified atom stereocenters. The largest absolute Gasteiger partial charge is 3.00 e. The van der Waals surface area contributed by atoms with Crippen LogP contribution >= 0.6 is 0 Å². The molecule has 0 aliphatic carbocycles. The Morgan fingerprint density at radius 3 is 1.13 bits per heavy atom. The number of aromatic nitrogens is 3. The van der Waals surface area contributed by atoms with Gasteiger partial charge in [-0.2, -0.15) is 0 Å². The van der Waals surface area contributed by atoms with Crippen LogP contribution in [0.15, 0.2) is 279 Å². The van der Waals surface area contributed by atoms with E-state index in [1.807, 2.05) is 116 Å². The summed E-state index contributed by atoms with van der Waals surface area (Å²) in [5.74, 6) is 0. The van der Waals surface area contributed by atoms with Crippen molar-refractivity contribution in [1.82, 2.24) is 15.0 Å². The Labute approximate surface area is 430 Å². The van der Waals surface area contributed by atoms with Crippen LogP contribution in [-0.2, 0) is 20.1 Å². The molecular formula is C67H46IrN3. The van der Waals surface area contributed by atoms with Crippen molar-refractivity contribution in [2.24, 2.45) is 0 Å². The summed E-state index contributed by atoms with van der Waals surface area (Å²) >= 11 is 0. The zero-order chi connectivity index (χ0) is 47.2. The van der Waals surface area contributed by atoms with Gasteiger partial charge in [0.2, 0.25) is 0 Å². The molecule has 0 saturated carbocycles. The van der Waals surface area contributed by atoms with E-state index < -0.39 is 0 Å². The second-order valence-electron chi connectivity index (χ2n) is 16.5. The van der Waals surface area contributed by atoms with Gasteiger partial charge in [0.15, 0.2) is 0 Å². The average molecular weight is 1090 g/mol. The van der Waals surface area contributed by atoms with E-state index in [0.717, 1.165) is 55.8 Å². The van der Waals surface area contributed by atoms with Crippen LogP contribution in [0.1, 0.15) is 0 Å². The molecule has 0 aliphatic heterocycles. The summed E-state index contributed by atoms with van der Waals surface area (Å²) in [4.78, 5) is 13.7. The normalized spacial score (nSPS) is 10.4. The molecule has 0 fully saturated rings. The van der Waals surface area contributed by atoms with Gasteiger partial charge in [-0.15, -0.1) is 107 Å². The van der Waals surface area contributed by atoms with E-state index in [0.29, 0.717) is 0 Å². The Morgan fingerprint density at radius 1 is 0.254 bits per heavy atom. The molecule has 0 saturated heterocycles. The van der Waals surface area contributed by atoms with Crippen LogP contribution in [0.3, 0.4) is 0 Å². The van der Waals surface area contributed by atoms with Crippen molar-refractivity contribution in [3.8, 4) is 89.4 Å². The first-order valence-electron chi connectivity index (χ1n) is 23.3. The molecule has 3 aromatic heterocycles. The molecular weight excluding hydrogens is 1040 g/mol. The monoisotopic (exact) mass is 1090 g/mol. The number of pyridine rings is 3. The van der Waals surface area contributed by atoms with Crippen LogP contribution in [0.5, 0.6) is 0 Å². The molecule has 0 N–H and O–H groups in total. The molecule has 9 aromatic carbocycles. The van der Waals surface area contributed by atoms with Crippen molar-refractivity contribution < 1.29 is 20.1 Å². The fraction of sp³-hybridized carbons (Fsp3) is 0. The van der Waals surface area contributed by atoms with Gasteiger partial charge in [-0.1, -0.05) is 182 Å². The van der Waals surface area contributed by atoms with Crippen molar-refractivity contribution in [2.45, 2.75) is 0 Å². The van der Waals surface area contributed by atoms with Gasteiger partial charge < -0.3 is 9.97 Å². The molecule has 0 spiro atoms. The van der Waals surface area contributed by atoms with Crippen LogP contribution in [0.25, 0.3) is 100 Å². The van der Waals surface area contributed by atoms with Gasteiger partial charge in [-0.25, -0.2) is 0 Å². The quantitative estimate of drug-likeness (QED) is 0.142. The Kier molecular flexibility index (Phi) is 15.7. The second kappa shape index (κ2) is 23.6. The summed E-state index contributed by atoms with van der Waals surface area (Å²) in [6.07, 6.45) is 3.72. The minimum Gasteiger partial charge on any atom is -0.305 e. The van der Waals surface area contributed by atoms with Gasteiger partial charge in [-0.3, -0.25) is 4.98 Å². The van der Waals surface area contributed by atoms with E-state index in [1.165, 1.54) is 44.5 Å². The zero-order valence-electron chi connectivity index (χ0n) is 38.7. The van der Waals surface area contributed by atoms with Crippen LogP contribution in [0, 0.1) is 18.2 Å². The summed E-state index contributed by atoms with van der Waals surface area (Å²) in [5.41, 5.74) is 18.9. The van der Waals surface area contributed by atoms with Crippen molar-refractivity contribution in [1.29, 1.82) is 0 Å². The maximum Gasteiger partial charge on any atom is 3.00 e. The summed E-state index contributed by atoms with van der Waals surface area (Å²) in [6, 6.07) is 101. The van der Waals surface area contributed by atoms with Crippen molar-refractivity contribution in [3.63, 3.8) is 0 Å². The van der Waals surface area contributed by atoms with E-state index in [2.05, 4.69) is 192 Å². The SMILES string of the molecule is [Ir+3].[c-]1ccc(-c2ccccc2)cc1-c1ccc2ccccc2n1.[c-]1ccccc1-c1cc(-c2ccc(-c3ccccc3)cc2)ccn1.[c-]1ccccc1-c1cc(-c2ccc(-c3ccccc3)cc2)ccn1. The third kappa shape index (κ3) is 12.1.